The molecule has 2 aromatic rings. The van der Waals surface area contributed by atoms with E-state index in [9.17, 15) is 9.32 Å². The lowest BCUT2D eigenvalue weighted by atomic mass is 9.77. The molecule has 2 fully saturated rings. The van der Waals surface area contributed by atoms with Gasteiger partial charge in [0.25, 0.3) is 0 Å². The number of aryl methyl sites for hydroxylation is 3. The first-order chi connectivity index (χ1) is 15.6. The average molecular weight is 452 g/mol. The number of pyridine rings is 1. The van der Waals surface area contributed by atoms with Crippen LogP contribution >= 0.6 is 0 Å². The molecular weight excluding hydrogens is 418 g/mol. The number of hydrogen-bond acceptors (Lipinski definition) is 5. The minimum Gasteiger partial charge on any atom is -0.394 e. The van der Waals surface area contributed by atoms with Crippen molar-refractivity contribution in [2.75, 3.05) is 35.7 Å². The third kappa shape index (κ3) is 3.56. The summed E-state index contributed by atoms with van der Waals surface area (Å²) in [6.07, 6.45) is 9.95. The van der Waals surface area contributed by atoms with Crippen LogP contribution in [-0.4, -0.2) is 45.3 Å². The molecule has 5 nitrogen and oxygen atoms in total. The van der Waals surface area contributed by atoms with E-state index in [1.807, 2.05) is 0 Å². The first kappa shape index (κ1) is 20.7. The summed E-state index contributed by atoms with van der Waals surface area (Å²) in [6, 6.07) is 9.37. The number of hydrogen-bond donors (Lipinski definition) is 2. The van der Waals surface area contributed by atoms with Gasteiger partial charge in [-0.1, -0.05) is 18.2 Å². The molecule has 3 heterocycles. The van der Waals surface area contributed by atoms with Crippen LogP contribution in [0.5, 0.6) is 0 Å². The third-order valence-electron chi connectivity index (χ3n) is 8.23. The Kier molecular flexibility index (Phi) is 5.26. The van der Waals surface area contributed by atoms with Gasteiger partial charge in [-0.05, 0) is 92.0 Å². The van der Waals surface area contributed by atoms with Gasteiger partial charge in [-0.3, -0.25) is 4.21 Å². The van der Waals surface area contributed by atoms with Crippen LogP contribution in [0.3, 0.4) is 0 Å². The molecule has 6 rings (SSSR count). The van der Waals surface area contributed by atoms with E-state index in [2.05, 4.69) is 34.5 Å². The van der Waals surface area contributed by atoms with Crippen molar-refractivity contribution in [1.82, 2.24) is 4.98 Å². The minimum atomic E-state index is -0.993. The molecule has 0 bridgehead atoms. The third-order valence-corrected chi connectivity index (χ3v) is 9.72. The molecular formula is C26H33N3O2S. The normalized spacial score (nSPS) is 24.2. The van der Waals surface area contributed by atoms with Crippen LogP contribution in [0.25, 0.3) is 0 Å². The maximum absolute atomic E-state index is 12.7. The molecule has 1 aromatic heterocycles. The summed E-state index contributed by atoms with van der Waals surface area (Å²) in [5.41, 5.74) is 5.52. The standard InChI is InChI=1S/C26H33N3O2S/c30-17-26(10-2-11-26)28-25-24-22(9-14-32(24)31)16-23(27-25)29-12-7-19(8-13-29)21-6-5-18-3-1-4-20(18)15-21/h5-6,15-16,19,30H,1-4,7-14,17H2,(H,27,28)/t32-/m0/s1. The quantitative estimate of drug-likeness (QED) is 0.721. The van der Waals surface area contributed by atoms with Gasteiger partial charge in [-0.15, -0.1) is 0 Å². The Morgan fingerprint density at radius 1 is 1.06 bits per heavy atom. The van der Waals surface area contributed by atoms with E-state index >= 15 is 0 Å². The molecule has 0 unspecified atom stereocenters. The van der Waals surface area contributed by atoms with E-state index in [1.165, 1.54) is 30.4 Å². The molecule has 6 heteroatoms. The van der Waals surface area contributed by atoms with Crippen molar-refractivity contribution in [2.24, 2.45) is 0 Å². The van der Waals surface area contributed by atoms with Gasteiger partial charge < -0.3 is 15.3 Å². The fourth-order valence-electron chi connectivity index (χ4n) is 6.03. The van der Waals surface area contributed by atoms with Gasteiger partial charge in [-0.25, -0.2) is 4.98 Å². The number of aliphatic hydroxyl groups is 1. The van der Waals surface area contributed by atoms with E-state index in [0.717, 1.165) is 68.1 Å². The number of nitrogens with zero attached hydrogens (tertiary/aromatic N) is 2. The molecule has 170 valence electrons. The van der Waals surface area contributed by atoms with Crippen LogP contribution in [0.4, 0.5) is 11.6 Å². The smallest absolute Gasteiger partial charge is 0.145 e. The number of nitrogens with one attached hydrogen (secondary N) is 1. The fourth-order valence-corrected chi connectivity index (χ4v) is 7.40. The van der Waals surface area contributed by atoms with Crippen LogP contribution in [-0.2, 0) is 30.1 Å². The number of fused-ring (bicyclic) bond motifs is 2. The lowest BCUT2D eigenvalue weighted by Crippen LogP contribution is -2.48. The van der Waals surface area contributed by atoms with Gasteiger partial charge in [0.1, 0.15) is 11.6 Å². The topological polar surface area (TPSA) is 65.5 Å². The zero-order valence-corrected chi connectivity index (χ0v) is 19.6. The van der Waals surface area contributed by atoms with Crippen LogP contribution in [0.2, 0.25) is 0 Å². The van der Waals surface area contributed by atoms with Crippen molar-refractivity contribution >= 4 is 22.4 Å². The van der Waals surface area contributed by atoms with Gasteiger partial charge in [0, 0.05) is 18.8 Å². The average Bonchev–Trinajstić information content (AvgIpc) is 3.42. The Morgan fingerprint density at radius 2 is 1.88 bits per heavy atom. The maximum atomic E-state index is 12.7. The van der Waals surface area contributed by atoms with Crippen molar-refractivity contribution in [3.63, 3.8) is 0 Å². The molecule has 1 aromatic carbocycles. The number of rotatable bonds is 5. The van der Waals surface area contributed by atoms with Crippen LogP contribution in [0, 0.1) is 0 Å². The molecule has 0 amide bonds. The molecule has 2 aliphatic heterocycles. The summed E-state index contributed by atoms with van der Waals surface area (Å²) in [7, 11) is -0.993. The Bertz CT molecular complexity index is 1050. The fraction of sp³-hybridized carbons (Fsp3) is 0.577. The second-order valence-corrected chi connectivity index (χ2v) is 11.7. The first-order valence-corrected chi connectivity index (χ1v) is 13.6. The Morgan fingerprint density at radius 3 is 2.62 bits per heavy atom. The zero-order chi connectivity index (χ0) is 21.7. The minimum absolute atomic E-state index is 0.104. The van der Waals surface area contributed by atoms with Crippen molar-refractivity contribution < 1.29 is 9.32 Å². The van der Waals surface area contributed by atoms with Gasteiger partial charge in [0.05, 0.1) is 27.8 Å². The molecule has 4 aliphatic rings. The monoisotopic (exact) mass is 451 g/mol. The number of aliphatic hydroxyl groups excluding tert-OH is 1. The predicted octanol–water partition coefficient (Wildman–Crippen LogP) is 3.94. The van der Waals surface area contributed by atoms with Crippen LogP contribution in [0.15, 0.2) is 29.2 Å². The Balaban J connectivity index is 1.22. The summed E-state index contributed by atoms with van der Waals surface area (Å²) < 4.78 is 12.7. The SMILES string of the molecule is O=[S@]1CCc2cc(N3CCC(c4ccc5c(c4)CCC5)CC3)nc(NC3(CO)CCC3)c21. The number of benzene rings is 1. The van der Waals surface area contributed by atoms with E-state index in [4.69, 9.17) is 4.98 Å². The molecule has 1 saturated heterocycles. The maximum Gasteiger partial charge on any atom is 0.145 e. The van der Waals surface area contributed by atoms with E-state index in [1.54, 1.807) is 11.1 Å². The van der Waals surface area contributed by atoms with Gasteiger partial charge in [0.2, 0.25) is 0 Å². The van der Waals surface area contributed by atoms with Crippen molar-refractivity contribution in [3.8, 4) is 0 Å². The highest BCUT2D eigenvalue weighted by Gasteiger charge is 2.38. The van der Waals surface area contributed by atoms with Crippen LogP contribution < -0.4 is 10.2 Å². The molecule has 2 N–H and O–H groups in total. The molecule has 32 heavy (non-hydrogen) atoms. The molecule has 2 aliphatic carbocycles. The Labute approximate surface area is 193 Å². The highest BCUT2D eigenvalue weighted by atomic mass is 32.2. The van der Waals surface area contributed by atoms with Crippen LogP contribution in [0.1, 0.15) is 66.7 Å². The second kappa shape index (κ2) is 8.14. The molecule has 1 atom stereocenters. The van der Waals surface area contributed by atoms with Gasteiger partial charge >= 0.3 is 0 Å². The number of aromatic nitrogens is 1. The van der Waals surface area contributed by atoms with Crippen molar-refractivity contribution in [1.29, 1.82) is 0 Å². The number of piperidine rings is 1. The first-order valence-electron chi connectivity index (χ1n) is 12.3. The lowest BCUT2D eigenvalue weighted by molar-refractivity contribution is 0.143. The zero-order valence-electron chi connectivity index (χ0n) is 18.7. The number of anilines is 2. The highest BCUT2D eigenvalue weighted by molar-refractivity contribution is 7.85. The summed E-state index contributed by atoms with van der Waals surface area (Å²) in [5.74, 6) is 3.07. The summed E-state index contributed by atoms with van der Waals surface area (Å²) in [5, 5.41) is 13.5. The highest BCUT2D eigenvalue weighted by Crippen LogP contribution is 2.40. The second-order valence-electron chi connectivity index (χ2n) is 10.2. The summed E-state index contributed by atoms with van der Waals surface area (Å²) in [6.45, 7) is 2.11. The largest absolute Gasteiger partial charge is 0.394 e. The van der Waals surface area contributed by atoms with E-state index in [0.29, 0.717) is 11.7 Å². The molecule has 0 spiro atoms. The summed E-state index contributed by atoms with van der Waals surface area (Å²) >= 11 is 0. The predicted molar refractivity (Wildman–Crippen MR) is 129 cm³/mol. The summed E-state index contributed by atoms with van der Waals surface area (Å²) in [4.78, 5) is 8.27. The van der Waals surface area contributed by atoms with E-state index in [-0.39, 0.29) is 12.1 Å². The van der Waals surface area contributed by atoms with Crippen molar-refractivity contribution in [2.45, 2.75) is 74.1 Å². The van der Waals surface area contributed by atoms with E-state index < -0.39 is 10.8 Å². The molecule has 1 saturated carbocycles. The van der Waals surface area contributed by atoms with Crippen molar-refractivity contribution in [3.05, 3.63) is 46.5 Å². The van der Waals surface area contributed by atoms with Gasteiger partial charge in [0.15, 0.2) is 0 Å². The van der Waals surface area contributed by atoms with Gasteiger partial charge in [-0.2, -0.15) is 0 Å². The molecule has 0 radical (unpaired) electrons. The lowest BCUT2D eigenvalue weighted by Gasteiger charge is -2.42. The Hall–Kier alpha value is -1.92.